The molecule has 0 bridgehead atoms. The molecule has 0 saturated heterocycles. The predicted octanol–water partition coefficient (Wildman–Crippen LogP) is 1.03. The summed E-state index contributed by atoms with van der Waals surface area (Å²) in [5, 5.41) is 3.15. The van der Waals surface area contributed by atoms with Gasteiger partial charge in [0.1, 0.15) is 6.10 Å². The molecule has 1 aromatic heterocycles. The number of ether oxygens (including phenoxy) is 1. The molecule has 1 aliphatic carbocycles. The molecule has 1 aliphatic rings. The van der Waals surface area contributed by atoms with E-state index in [0.29, 0.717) is 12.5 Å². The van der Waals surface area contributed by atoms with Gasteiger partial charge < -0.3 is 14.6 Å². The summed E-state index contributed by atoms with van der Waals surface area (Å²) in [7, 11) is 1.95. The zero-order valence-electron chi connectivity index (χ0n) is 11.1. The molecular weight excluding hydrogens is 230 g/mol. The lowest BCUT2D eigenvalue weighted by atomic mass is 9.82. The first kappa shape index (κ1) is 13.1. The second-order valence-electron chi connectivity index (χ2n) is 4.87. The fourth-order valence-electron chi connectivity index (χ4n) is 2.31. The van der Waals surface area contributed by atoms with Gasteiger partial charge in [0.05, 0.1) is 0 Å². The molecule has 0 radical (unpaired) electrons. The van der Waals surface area contributed by atoms with E-state index in [1.807, 2.05) is 14.0 Å². The number of hydrogen-bond acceptors (Lipinski definition) is 4. The van der Waals surface area contributed by atoms with Crippen molar-refractivity contribution in [3.63, 3.8) is 0 Å². The minimum Gasteiger partial charge on any atom is -0.470 e. The fraction of sp³-hybridized carbons (Fsp3) is 0.692. The van der Waals surface area contributed by atoms with Crippen LogP contribution in [0, 0.1) is 5.92 Å². The maximum atomic E-state index is 12.0. The van der Waals surface area contributed by atoms with Crippen molar-refractivity contribution in [2.24, 2.45) is 5.92 Å². The molecule has 18 heavy (non-hydrogen) atoms. The Morgan fingerprint density at radius 1 is 1.56 bits per heavy atom. The molecule has 0 spiro atoms. The normalized spacial score (nSPS) is 22.6. The van der Waals surface area contributed by atoms with E-state index < -0.39 is 0 Å². The monoisotopic (exact) mass is 251 g/mol. The zero-order chi connectivity index (χ0) is 13.0. The van der Waals surface area contributed by atoms with Crippen molar-refractivity contribution in [1.82, 2.24) is 14.9 Å². The van der Waals surface area contributed by atoms with Crippen LogP contribution in [0.4, 0.5) is 0 Å². The number of aryl methyl sites for hydroxylation is 1. The largest absolute Gasteiger partial charge is 0.470 e. The molecule has 1 heterocycles. The maximum Gasteiger partial charge on any atom is 0.313 e. The molecule has 1 N–H and O–H groups in total. The van der Waals surface area contributed by atoms with Gasteiger partial charge in [-0.25, -0.2) is 4.98 Å². The van der Waals surface area contributed by atoms with E-state index in [1.54, 1.807) is 17.0 Å². The van der Waals surface area contributed by atoms with Gasteiger partial charge in [0.25, 0.3) is 5.88 Å². The molecule has 1 fully saturated rings. The van der Waals surface area contributed by atoms with Gasteiger partial charge in [0.15, 0.2) is 0 Å². The van der Waals surface area contributed by atoms with Crippen LogP contribution in [0.1, 0.15) is 26.2 Å². The molecule has 5 nitrogen and oxygen atoms in total. The summed E-state index contributed by atoms with van der Waals surface area (Å²) in [4.78, 5) is 16.0. The molecule has 0 aliphatic heterocycles. The smallest absolute Gasteiger partial charge is 0.313 e. The number of aromatic nitrogens is 2. The van der Waals surface area contributed by atoms with Gasteiger partial charge in [-0.1, -0.05) is 6.92 Å². The van der Waals surface area contributed by atoms with Crippen LogP contribution in [0.5, 0.6) is 5.88 Å². The van der Waals surface area contributed by atoms with Crippen molar-refractivity contribution < 1.29 is 4.74 Å². The van der Waals surface area contributed by atoms with Gasteiger partial charge in [-0.15, -0.1) is 0 Å². The summed E-state index contributed by atoms with van der Waals surface area (Å²) in [5.41, 5.74) is -0.114. The summed E-state index contributed by atoms with van der Waals surface area (Å²) in [5.74, 6) is 0.917. The second-order valence-corrected chi connectivity index (χ2v) is 4.87. The first-order valence-corrected chi connectivity index (χ1v) is 6.61. The van der Waals surface area contributed by atoms with Crippen molar-refractivity contribution in [3.05, 3.63) is 22.7 Å². The third kappa shape index (κ3) is 2.90. The zero-order valence-corrected chi connectivity index (χ0v) is 11.1. The Morgan fingerprint density at radius 3 is 3.00 bits per heavy atom. The van der Waals surface area contributed by atoms with E-state index >= 15 is 0 Å². The molecule has 1 saturated carbocycles. The number of nitrogens with zero attached hydrogens (tertiary/aromatic N) is 2. The number of hydrogen-bond donors (Lipinski definition) is 1. The summed E-state index contributed by atoms with van der Waals surface area (Å²) in [6.45, 7) is 3.77. The molecule has 0 amide bonds. The minimum atomic E-state index is -0.114. The Morgan fingerprint density at radius 2 is 2.33 bits per heavy atom. The Hall–Kier alpha value is -1.36. The molecule has 0 atom stereocenters. The lowest BCUT2D eigenvalue weighted by Crippen LogP contribution is -2.40. The van der Waals surface area contributed by atoms with Gasteiger partial charge >= 0.3 is 5.56 Å². The van der Waals surface area contributed by atoms with E-state index in [1.165, 1.54) is 0 Å². The van der Waals surface area contributed by atoms with E-state index in [0.717, 1.165) is 25.8 Å². The maximum absolute atomic E-state index is 12.0. The Bertz CT molecular complexity index is 438. The topological polar surface area (TPSA) is 56.1 Å². The summed E-state index contributed by atoms with van der Waals surface area (Å²) < 4.78 is 7.33. The van der Waals surface area contributed by atoms with Crippen LogP contribution < -0.4 is 15.6 Å². The third-order valence-corrected chi connectivity index (χ3v) is 3.31. The minimum absolute atomic E-state index is 0.114. The Balaban J connectivity index is 1.94. The van der Waals surface area contributed by atoms with Crippen molar-refractivity contribution in [1.29, 1.82) is 0 Å². The van der Waals surface area contributed by atoms with Crippen molar-refractivity contribution >= 4 is 0 Å². The predicted molar refractivity (Wildman–Crippen MR) is 69.9 cm³/mol. The van der Waals surface area contributed by atoms with Crippen LogP contribution in [0.3, 0.4) is 0 Å². The molecule has 100 valence electrons. The van der Waals surface area contributed by atoms with Crippen molar-refractivity contribution in [2.75, 3.05) is 13.6 Å². The van der Waals surface area contributed by atoms with Gasteiger partial charge in [0.2, 0.25) is 0 Å². The first-order chi connectivity index (χ1) is 8.74. The van der Waals surface area contributed by atoms with Gasteiger partial charge in [-0.2, -0.15) is 0 Å². The third-order valence-electron chi connectivity index (χ3n) is 3.31. The van der Waals surface area contributed by atoms with Crippen molar-refractivity contribution in [2.45, 2.75) is 38.8 Å². The SMILES string of the molecule is CCCn1ccnc(OC2CC(CNC)C2)c1=O. The van der Waals surface area contributed by atoms with Crippen LogP contribution in [-0.2, 0) is 6.54 Å². The average Bonchev–Trinajstić information content (AvgIpc) is 2.31. The highest BCUT2D eigenvalue weighted by molar-refractivity contribution is 5.06. The van der Waals surface area contributed by atoms with Crippen LogP contribution in [0.25, 0.3) is 0 Å². The molecule has 0 unspecified atom stereocenters. The van der Waals surface area contributed by atoms with E-state index in [-0.39, 0.29) is 17.5 Å². The molecule has 1 aromatic rings. The van der Waals surface area contributed by atoms with E-state index in [4.69, 9.17) is 4.74 Å². The van der Waals surface area contributed by atoms with E-state index in [9.17, 15) is 4.79 Å². The van der Waals surface area contributed by atoms with Crippen LogP contribution in [0.2, 0.25) is 0 Å². The first-order valence-electron chi connectivity index (χ1n) is 6.61. The van der Waals surface area contributed by atoms with Crippen LogP contribution in [-0.4, -0.2) is 29.2 Å². The standard InChI is InChI=1S/C13H21N3O2/c1-3-5-16-6-4-15-12(13(16)17)18-11-7-10(8-11)9-14-2/h4,6,10-11,14H,3,5,7-9H2,1-2H3. The number of nitrogens with one attached hydrogen (secondary N) is 1. The molecule has 0 aromatic carbocycles. The highest BCUT2D eigenvalue weighted by atomic mass is 16.5. The quantitative estimate of drug-likeness (QED) is 0.820. The highest BCUT2D eigenvalue weighted by Gasteiger charge is 2.31. The van der Waals surface area contributed by atoms with Gasteiger partial charge in [-0.05, 0) is 38.8 Å². The number of rotatable bonds is 6. The van der Waals surface area contributed by atoms with Crippen molar-refractivity contribution in [3.8, 4) is 5.88 Å². The van der Waals surface area contributed by atoms with E-state index in [2.05, 4.69) is 10.3 Å². The molecule has 2 rings (SSSR count). The van der Waals surface area contributed by atoms with Crippen LogP contribution in [0.15, 0.2) is 17.2 Å². The Kier molecular flexibility index (Phi) is 4.36. The van der Waals surface area contributed by atoms with Gasteiger partial charge in [-0.3, -0.25) is 4.79 Å². The van der Waals surface area contributed by atoms with Crippen LogP contribution >= 0.6 is 0 Å². The lowest BCUT2D eigenvalue weighted by Gasteiger charge is -2.34. The van der Waals surface area contributed by atoms with Gasteiger partial charge in [0, 0.05) is 18.9 Å². The highest BCUT2D eigenvalue weighted by Crippen LogP contribution is 2.29. The molecule has 5 heteroatoms. The second kappa shape index (κ2) is 6.00. The summed E-state index contributed by atoms with van der Waals surface area (Å²) in [6.07, 6.45) is 6.44. The average molecular weight is 251 g/mol. The fourth-order valence-corrected chi connectivity index (χ4v) is 2.31. The Labute approximate surface area is 107 Å². The summed E-state index contributed by atoms with van der Waals surface area (Å²) in [6, 6.07) is 0. The summed E-state index contributed by atoms with van der Waals surface area (Å²) >= 11 is 0. The lowest BCUT2D eigenvalue weighted by molar-refractivity contribution is 0.0596. The molecular formula is C13H21N3O2.